The van der Waals surface area contributed by atoms with Gasteiger partial charge in [-0.1, -0.05) is 0 Å². The first kappa shape index (κ1) is 23.7. The molecule has 0 aliphatic heterocycles. The van der Waals surface area contributed by atoms with Crippen molar-refractivity contribution in [1.29, 1.82) is 0 Å². The summed E-state index contributed by atoms with van der Waals surface area (Å²) in [5.74, 6) is 2.59. The van der Waals surface area contributed by atoms with Crippen molar-refractivity contribution < 1.29 is 9.47 Å². The third-order valence-electron chi connectivity index (χ3n) is 6.27. The maximum absolute atomic E-state index is 13.4. The van der Waals surface area contributed by atoms with Crippen LogP contribution in [0.25, 0.3) is 33.5 Å². The number of hydrogen-bond acceptors (Lipinski definition) is 8. The van der Waals surface area contributed by atoms with Crippen molar-refractivity contribution in [1.82, 2.24) is 34.7 Å². The van der Waals surface area contributed by atoms with E-state index >= 15 is 0 Å². The molecule has 36 heavy (non-hydrogen) atoms. The Bertz CT molecular complexity index is 1570. The molecular formula is C24H26N8O3S. The Morgan fingerprint density at radius 1 is 1.08 bits per heavy atom. The molecule has 0 spiro atoms. The number of methoxy groups -OCH3 is 2. The highest BCUT2D eigenvalue weighted by molar-refractivity contribution is 7.59. The fourth-order valence-electron chi connectivity index (χ4n) is 4.45. The number of H-pyrrole nitrogens is 2. The lowest BCUT2D eigenvalue weighted by molar-refractivity contribution is 0.356. The Morgan fingerprint density at radius 2 is 1.81 bits per heavy atom. The van der Waals surface area contributed by atoms with Crippen molar-refractivity contribution in [2.24, 2.45) is 13.0 Å². The molecule has 0 saturated heterocycles. The van der Waals surface area contributed by atoms with Crippen molar-refractivity contribution in [3.05, 3.63) is 53.0 Å². The average molecular weight is 507 g/mol. The van der Waals surface area contributed by atoms with Crippen LogP contribution in [-0.4, -0.2) is 48.9 Å². The van der Waals surface area contributed by atoms with Crippen LogP contribution in [0.1, 0.15) is 24.7 Å². The van der Waals surface area contributed by atoms with Gasteiger partial charge in [0.15, 0.2) is 17.3 Å². The minimum absolute atomic E-state index is 0. The number of aromatic amines is 2. The number of fused-ring (bicyclic) bond motifs is 2. The number of ether oxygens (including phenoxy) is 2. The number of aromatic nitrogens is 7. The molecule has 0 unspecified atom stereocenters. The van der Waals surface area contributed by atoms with Crippen molar-refractivity contribution in [2.75, 3.05) is 19.5 Å². The molecule has 1 aliphatic rings. The molecule has 1 aromatic carbocycles. The molecule has 1 atom stereocenters. The molecule has 12 heteroatoms. The van der Waals surface area contributed by atoms with Gasteiger partial charge < -0.3 is 24.8 Å². The van der Waals surface area contributed by atoms with Gasteiger partial charge in [-0.15, -0.1) is 0 Å². The Morgan fingerprint density at radius 3 is 2.50 bits per heavy atom. The average Bonchev–Trinajstić information content (AvgIpc) is 3.51. The molecule has 5 aromatic rings. The van der Waals surface area contributed by atoms with Gasteiger partial charge in [-0.25, -0.2) is 15.0 Å². The Labute approximate surface area is 212 Å². The molecule has 11 nitrogen and oxygen atoms in total. The van der Waals surface area contributed by atoms with E-state index in [1.807, 2.05) is 7.05 Å². The molecule has 186 valence electrons. The predicted octanol–water partition coefficient (Wildman–Crippen LogP) is 3.29. The van der Waals surface area contributed by atoms with Gasteiger partial charge in [-0.3, -0.25) is 9.48 Å². The summed E-state index contributed by atoms with van der Waals surface area (Å²) < 4.78 is 12.5. The highest BCUT2D eigenvalue weighted by atomic mass is 32.1. The molecular weight excluding hydrogens is 480 g/mol. The van der Waals surface area contributed by atoms with Gasteiger partial charge in [0.05, 0.1) is 42.5 Å². The summed E-state index contributed by atoms with van der Waals surface area (Å²) in [6.45, 7) is 0. The number of hydrogen-bond donors (Lipinski definition) is 3. The minimum atomic E-state index is -0.283. The highest BCUT2D eigenvalue weighted by Crippen LogP contribution is 2.43. The van der Waals surface area contributed by atoms with E-state index in [-0.39, 0.29) is 25.1 Å². The SMILES string of the molecule is COc1cc2nc(-c3c(N[C@H](c4ncccn4)C4CC4)c4nn(C)cc4[nH]c3=O)[nH]c2cc1OC.S. The van der Waals surface area contributed by atoms with E-state index in [1.54, 1.807) is 55.7 Å². The summed E-state index contributed by atoms with van der Waals surface area (Å²) >= 11 is 0. The Hall–Kier alpha value is -4.06. The minimum Gasteiger partial charge on any atom is -0.493 e. The van der Waals surface area contributed by atoms with Gasteiger partial charge in [-0.2, -0.15) is 18.6 Å². The molecule has 6 rings (SSSR count). The fraction of sp³-hybridized carbons (Fsp3) is 0.292. The molecule has 0 bridgehead atoms. The van der Waals surface area contributed by atoms with E-state index < -0.39 is 0 Å². The number of nitrogens with zero attached hydrogens (tertiary/aromatic N) is 5. The van der Waals surface area contributed by atoms with Crippen LogP contribution in [-0.2, 0) is 7.05 Å². The van der Waals surface area contributed by atoms with E-state index in [0.717, 1.165) is 12.8 Å². The van der Waals surface area contributed by atoms with Crippen LogP contribution in [0.5, 0.6) is 11.5 Å². The second-order valence-electron chi connectivity index (χ2n) is 8.65. The van der Waals surface area contributed by atoms with Gasteiger partial charge in [0, 0.05) is 37.8 Å². The lowest BCUT2D eigenvalue weighted by atomic mass is 10.1. The van der Waals surface area contributed by atoms with Crippen molar-refractivity contribution in [2.45, 2.75) is 18.9 Å². The van der Waals surface area contributed by atoms with Crippen LogP contribution in [0.4, 0.5) is 5.69 Å². The Kier molecular flexibility index (Phi) is 6.04. The summed E-state index contributed by atoms with van der Waals surface area (Å²) in [5.41, 5.74) is 3.31. The van der Waals surface area contributed by atoms with Gasteiger partial charge in [0.25, 0.3) is 5.56 Å². The summed E-state index contributed by atoms with van der Waals surface area (Å²) in [7, 11) is 4.97. The molecule has 1 fully saturated rings. The van der Waals surface area contributed by atoms with Gasteiger partial charge in [0.1, 0.15) is 16.9 Å². The zero-order chi connectivity index (χ0) is 24.1. The number of nitrogens with one attached hydrogen (secondary N) is 3. The van der Waals surface area contributed by atoms with Gasteiger partial charge in [-0.05, 0) is 24.8 Å². The monoisotopic (exact) mass is 506 g/mol. The van der Waals surface area contributed by atoms with E-state index in [1.165, 1.54) is 0 Å². The second-order valence-corrected chi connectivity index (χ2v) is 8.65. The maximum atomic E-state index is 13.4. The zero-order valence-corrected chi connectivity index (χ0v) is 21.0. The first-order valence-electron chi connectivity index (χ1n) is 11.3. The number of aryl methyl sites for hydroxylation is 1. The van der Waals surface area contributed by atoms with Gasteiger partial charge in [0.2, 0.25) is 0 Å². The largest absolute Gasteiger partial charge is 0.493 e. The third kappa shape index (κ3) is 4.02. The van der Waals surface area contributed by atoms with Crippen LogP contribution in [0.2, 0.25) is 0 Å². The molecule has 4 aromatic heterocycles. The second kappa shape index (κ2) is 9.19. The van der Waals surface area contributed by atoms with Crippen molar-refractivity contribution in [3.8, 4) is 22.9 Å². The van der Waals surface area contributed by atoms with Crippen molar-refractivity contribution >= 4 is 41.2 Å². The molecule has 3 N–H and O–H groups in total. The smallest absolute Gasteiger partial charge is 0.261 e. The summed E-state index contributed by atoms with van der Waals surface area (Å²) in [4.78, 5) is 33.3. The summed E-state index contributed by atoms with van der Waals surface area (Å²) in [6, 6.07) is 5.21. The molecule has 0 amide bonds. The number of rotatable bonds is 7. The number of imidazole rings is 1. The standard InChI is InChI=1S/C24H24N8O3.H2S/c1-32-11-15-20(31-32)21(30-19(12-5-6-12)23-25-7-4-8-26-23)18(24(33)29-15)22-27-13-9-16(34-2)17(35-3)10-14(13)28-22;/h4,7-12,19,30H,5-6H2,1-3H3,(H,27,28)(H,29,33);1H2/t19-;/m0./s1. The van der Waals surface area contributed by atoms with E-state index in [2.05, 4.69) is 30.4 Å². The zero-order valence-electron chi connectivity index (χ0n) is 20.0. The molecule has 4 heterocycles. The number of anilines is 1. The fourth-order valence-corrected chi connectivity index (χ4v) is 4.45. The molecule has 1 aliphatic carbocycles. The molecule has 0 radical (unpaired) electrons. The predicted molar refractivity (Wildman–Crippen MR) is 141 cm³/mol. The Balaban J connectivity index is 0.00000267. The normalized spacial score (nSPS) is 14.0. The third-order valence-corrected chi connectivity index (χ3v) is 6.27. The van der Waals surface area contributed by atoms with Crippen LogP contribution < -0.4 is 20.3 Å². The summed E-state index contributed by atoms with van der Waals surface area (Å²) in [6.07, 6.45) is 7.36. The van der Waals surface area contributed by atoms with Crippen LogP contribution >= 0.6 is 13.5 Å². The maximum Gasteiger partial charge on any atom is 0.261 e. The quantitative estimate of drug-likeness (QED) is 0.306. The first-order chi connectivity index (χ1) is 17.1. The highest BCUT2D eigenvalue weighted by Gasteiger charge is 2.36. The summed E-state index contributed by atoms with van der Waals surface area (Å²) in [5, 5.41) is 8.22. The van der Waals surface area contributed by atoms with Crippen LogP contribution in [0.15, 0.2) is 41.6 Å². The van der Waals surface area contributed by atoms with Crippen LogP contribution in [0.3, 0.4) is 0 Å². The topological polar surface area (TPSA) is 136 Å². The number of pyridine rings is 1. The van der Waals surface area contributed by atoms with E-state index in [9.17, 15) is 4.79 Å². The molecule has 1 saturated carbocycles. The van der Waals surface area contributed by atoms with Gasteiger partial charge >= 0.3 is 0 Å². The van der Waals surface area contributed by atoms with Crippen molar-refractivity contribution in [3.63, 3.8) is 0 Å². The first-order valence-corrected chi connectivity index (χ1v) is 11.3. The van der Waals surface area contributed by atoms with Crippen LogP contribution in [0, 0.1) is 5.92 Å². The lowest BCUT2D eigenvalue weighted by Gasteiger charge is -2.20. The number of benzene rings is 1. The lowest BCUT2D eigenvalue weighted by Crippen LogP contribution is -2.20. The van der Waals surface area contributed by atoms with E-state index in [0.29, 0.717) is 62.4 Å². The van der Waals surface area contributed by atoms with E-state index in [4.69, 9.17) is 14.5 Å².